The standard InChI is InChI=1S/C15H15NS/c1-11-3-7-13(8-4-11)15(17)16-14-9-5-12(2)6-10-14/h3-10H,1-2H3,(H,16,17). The Morgan fingerprint density at radius 3 is 1.82 bits per heavy atom. The molecule has 0 spiro atoms. The van der Waals surface area contributed by atoms with Gasteiger partial charge in [0, 0.05) is 11.3 Å². The molecule has 0 aliphatic heterocycles. The lowest BCUT2D eigenvalue weighted by atomic mass is 10.1. The average Bonchev–Trinajstić information content (AvgIpc) is 2.33. The SMILES string of the molecule is Cc1ccc(NC(=S)c2ccc(C)cc2)cc1. The molecule has 0 bridgehead atoms. The van der Waals surface area contributed by atoms with E-state index in [1.54, 1.807) is 0 Å². The first-order valence-corrected chi connectivity index (χ1v) is 6.01. The monoisotopic (exact) mass is 241 g/mol. The summed E-state index contributed by atoms with van der Waals surface area (Å²) in [6, 6.07) is 16.4. The Hall–Kier alpha value is -1.67. The number of aryl methyl sites for hydroxylation is 2. The number of thiocarbonyl (C=S) groups is 1. The maximum atomic E-state index is 5.37. The zero-order valence-electron chi connectivity index (χ0n) is 10.0. The topological polar surface area (TPSA) is 12.0 Å². The quantitative estimate of drug-likeness (QED) is 0.795. The molecule has 0 fully saturated rings. The van der Waals surface area contributed by atoms with Crippen LogP contribution in [0.1, 0.15) is 16.7 Å². The second-order valence-electron chi connectivity index (χ2n) is 4.19. The van der Waals surface area contributed by atoms with Crippen molar-refractivity contribution >= 4 is 22.9 Å². The summed E-state index contributed by atoms with van der Waals surface area (Å²) >= 11 is 5.37. The lowest BCUT2D eigenvalue weighted by molar-refractivity contribution is 1.45. The zero-order valence-corrected chi connectivity index (χ0v) is 10.8. The molecule has 2 aromatic carbocycles. The van der Waals surface area contributed by atoms with Crippen LogP contribution in [0.25, 0.3) is 0 Å². The first-order chi connectivity index (χ1) is 8.15. The Labute approximate surface area is 107 Å². The Kier molecular flexibility index (Phi) is 3.55. The van der Waals surface area contributed by atoms with Crippen molar-refractivity contribution in [2.45, 2.75) is 13.8 Å². The van der Waals surface area contributed by atoms with Gasteiger partial charge in [0.05, 0.1) is 0 Å². The van der Waals surface area contributed by atoms with E-state index in [9.17, 15) is 0 Å². The number of hydrogen-bond acceptors (Lipinski definition) is 1. The molecule has 1 N–H and O–H groups in total. The van der Waals surface area contributed by atoms with Gasteiger partial charge in [-0.1, -0.05) is 59.7 Å². The predicted molar refractivity (Wildman–Crippen MR) is 77.7 cm³/mol. The number of nitrogens with one attached hydrogen (secondary N) is 1. The van der Waals surface area contributed by atoms with E-state index in [1.165, 1.54) is 11.1 Å². The molecule has 0 aliphatic carbocycles. The molecule has 86 valence electrons. The number of benzene rings is 2. The maximum absolute atomic E-state index is 5.37. The van der Waals surface area contributed by atoms with Gasteiger partial charge in [0.15, 0.2) is 0 Å². The minimum atomic E-state index is 0.758. The molecule has 0 atom stereocenters. The van der Waals surface area contributed by atoms with E-state index in [1.807, 2.05) is 24.3 Å². The van der Waals surface area contributed by atoms with Crippen LogP contribution in [0.3, 0.4) is 0 Å². The Morgan fingerprint density at radius 2 is 1.29 bits per heavy atom. The summed E-state index contributed by atoms with van der Waals surface area (Å²) in [5.74, 6) is 0. The third kappa shape index (κ3) is 3.14. The molecule has 2 rings (SSSR count). The van der Waals surface area contributed by atoms with Crippen LogP contribution in [0.15, 0.2) is 48.5 Å². The van der Waals surface area contributed by atoms with Crippen LogP contribution in [0.4, 0.5) is 5.69 Å². The lowest BCUT2D eigenvalue weighted by Gasteiger charge is -2.08. The Morgan fingerprint density at radius 1 is 0.824 bits per heavy atom. The fraction of sp³-hybridized carbons (Fsp3) is 0.133. The largest absolute Gasteiger partial charge is 0.346 e. The van der Waals surface area contributed by atoms with Crippen LogP contribution in [0.2, 0.25) is 0 Å². The summed E-state index contributed by atoms with van der Waals surface area (Å²) < 4.78 is 0. The van der Waals surface area contributed by atoms with Gasteiger partial charge in [0.2, 0.25) is 0 Å². The molecule has 0 aromatic heterocycles. The molecular weight excluding hydrogens is 226 g/mol. The third-order valence-corrected chi connectivity index (χ3v) is 2.96. The average molecular weight is 241 g/mol. The van der Waals surface area contributed by atoms with E-state index in [0.717, 1.165) is 16.2 Å². The highest BCUT2D eigenvalue weighted by Crippen LogP contribution is 2.12. The fourth-order valence-electron chi connectivity index (χ4n) is 1.55. The van der Waals surface area contributed by atoms with Crippen LogP contribution in [0.5, 0.6) is 0 Å². The van der Waals surface area contributed by atoms with Crippen molar-refractivity contribution in [1.82, 2.24) is 0 Å². The van der Waals surface area contributed by atoms with Crippen molar-refractivity contribution in [3.63, 3.8) is 0 Å². The van der Waals surface area contributed by atoms with Crippen molar-refractivity contribution < 1.29 is 0 Å². The molecule has 0 heterocycles. The van der Waals surface area contributed by atoms with Crippen LogP contribution >= 0.6 is 12.2 Å². The van der Waals surface area contributed by atoms with Gasteiger partial charge in [-0.2, -0.15) is 0 Å². The van der Waals surface area contributed by atoms with Crippen molar-refractivity contribution in [2.75, 3.05) is 5.32 Å². The minimum absolute atomic E-state index is 0.758. The van der Waals surface area contributed by atoms with Crippen molar-refractivity contribution in [1.29, 1.82) is 0 Å². The summed E-state index contributed by atoms with van der Waals surface area (Å²) in [6.07, 6.45) is 0. The van der Waals surface area contributed by atoms with Crippen LogP contribution in [-0.4, -0.2) is 4.99 Å². The second-order valence-corrected chi connectivity index (χ2v) is 4.59. The summed E-state index contributed by atoms with van der Waals surface area (Å²) in [4.78, 5) is 0.758. The van der Waals surface area contributed by atoms with E-state index < -0.39 is 0 Å². The van der Waals surface area contributed by atoms with E-state index in [0.29, 0.717) is 0 Å². The van der Waals surface area contributed by atoms with Crippen molar-refractivity contribution in [2.24, 2.45) is 0 Å². The molecule has 2 aromatic rings. The fourth-order valence-corrected chi connectivity index (χ4v) is 1.80. The first-order valence-electron chi connectivity index (χ1n) is 5.60. The zero-order chi connectivity index (χ0) is 12.3. The van der Waals surface area contributed by atoms with Crippen molar-refractivity contribution in [3.8, 4) is 0 Å². The molecule has 2 heteroatoms. The van der Waals surface area contributed by atoms with Gasteiger partial charge in [0.25, 0.3) is 0 Å². The highest BCUT2D eigenvalue weighted by molar-refractivity contribution is 7.81. The van der Waals surface area contributed by atoms with Gasteiger partial charge < -0.3 is 5.32 Å². The highest BCUT2D eigenvalue weighted by Gasteiger charge is 2.00. The van der Waals surface area contributed by atoms with Crippen molar-refractivity contribution in [3.05, 3.63) is 65.2 Å². The van der Waals surface area contributed by atoms with E-state index >= 15 is 0 Å². The molecule has 0 saturated carbocycles. The van der Waals surface area contributed by atoms with Gasteiger partial charge >= 0.3 is 0 Å². The summed E-state index contributed by atoms with van der Waals surface area (Å²) in [5.41, 5.74) is 4.57. The van der Waals surface area contributed by atoms with Crippen LogP contribution in [0, 0.1) is 13.8 Å². The summed E-state index contributed by atoms with van der Waals surface area (Å²) in [5, 5.41) is 3.24. The van der Waals surface area contributed by atoms with Gasteiger partial charge in [-0.15, -0.1) is 0 Å². The third-order valence-electron chi connectivity index (χ3n) is 2.62. The Bertz CT molecular complexity index is 512. The number of anilines is 1. The molecular formula is C15H15NS. The van der Waals surface area contributed by atoms with Gasteiger partial charge in [0.1, 0.15) is 4.99 Å². The number of hydrogen-bond donors (Lipinski definition) is 1. The minimum Gasteiger partial charge on any atom is -0.346 e. The van der Waals surface area contributed by atoms with E-state index in [-0.39, 0.29) is 0 Å². The van der Waals surface area contributed by atoms with Crippen LogP contribution < -0.4 is 5.32 Å². The predicted octanol–water partition coefficient (Wildman–Crippen LogP) is 4.09. The molecule has 0 unspecified atom stereocenters. The Balaban J connectivity index is 2.11. The molecule has 17 heavy (non-hydrogen) atoms. The molecule has 0 amide bonds. The highest BCUT2D eigenvalue weighted by atomic mass is 32.1. The molecule has 0 aliphatic rings. The van der Waals surface area contributed by atoms with Gasteiger partial charge in [-0.25, -0.2) is 0 Å². The molecule has 0 radical (unpaired) electrons. The van der Waals surface area contributed by atoms with E-state index in [2.05, 4.69) is 43.4 Å². The summed E-state index contributed by atoms with van der Waals surface area (Å²) in [6.45, 7) is 4.14. The number of rotatable bonds is 2. The molecule has 1 nitrogen and oxygen atoms in total. The van der Waals surface area contributed by atoms with Gasteiger partial charge in [-0.3, -0.25) is 0 Å². The maximum Gasteiger partial charge on any atom is 0.110 e. The van der Waals surface area contributed by atoms with Crippen LogP contribution in [-0.2, 0) is 0 Å². The first kappa shape index (κ1) is 11.8. The normalized spacial score (nSPS) is 10.0. The lowest BCUT2D eigenvalue weighted by Crippen LogP contribution is -2.10. The smallest absolute Gasteiger partial charge is 0.110 e. The van der Waals surface area contributed by atoms with E-state index in [4.69, 9.17) is 12.2 Å². The second kappa shape index (κ2) is 5.11. The van der Waals surface area contributed by atoms with Gasteiger partial charge in [-0.05, 0) is 26.0 Å². The summed E-state index contributed by atoms with van der Waals surface area (Å²) in [7, 11) is 0. The molecule has 0 saturated heterocycles.